The van der Waals surface area contributed by atoms with E-state index >= 15 is 0 Å². The van der Waals surface area contributed by atoms with Crippen LogP contribution >= 0.6 is 0 Å². The summed E-state index contributed by atoms with van der Waals surface area (Å²) in [5, 5.41) is 13.3. The van der Waals surface area contributed by atoms with Crippen molar-refractivity contribution < 1.29 is 9.90 Å². The molecule has 0 bridgehead atoms. The van der Waals surface area contributed by atoms with Crippen molar-refractivity contribution in [2.75, 3.05) is 6.54 Å². The number of aliphatic hydroxyl groups is 1. The molecule has 1 amide bonds. The first-order chi connectivity index (χ1) is 7.81. The quantitative estimate of drug-likeness (QED) is 0.688. The van der Waals surface area contributed by atoms with Crippen molar-refractivity contribution in [3.8, 4) is 0 Å². The normalized spacial score (nSPS) is 12.6. The van der Waals surface area contributed by atoms with Gasteiger partial charge in [-0.05, 0) is 19.3 Å². The number of carbonyl (C=O) groups excluding carboxylic acids is 1. The Balaban J connectivity index is 4.36. The lowest BCUT2D eigenvalue weighted by Gasteiger charge is -2.30. The van der Waals surface area contributed by atoms with Crippen LogP contribution in [0.15, 0.2) is 0 Å². The largest absolute Gasteiger partial charge is 0.388 e. The Bertz CT molecular complexity index is 230. The van der Waals surface area contributed by atoms with E-state index in [1.807, 2.05) is 20.8 Å². The summed E-state index contributed by atoms with van der Waals surface area (Å²) in [6, 6.07) is 0. The van der Waals surface area contributed by atoms with Gasteiger partial charge in [-0.25, -0.2) is 0 Å². The van der Waals surface area contributed by atoms with E-state index in [-0.39, 0.29) is 11.3 Å². The maximum absolute atomic E-state index is 11.9. The molecular formula is C14H29NO2. The molecule has 0 aliphatic heterocycles. The van der Waals surface area contributed by atoms with E-state index in [0.29, 0.717) is 6.54 Å². The SMILES string of the molecule is CCCC(O)(CCC)CNC(=O)C(C)(C)CC. The number of nitrogens with one attached hydrogen (secondary N) is 1. The third kappa shape index (κ3) is 5.53. The lowest BCUT2D eigenvalue weighted by atomic mass is 9.88. The van der Waals surface area contributed by atoms with Gasteiger partial charge >= 0.3 is 0 Å². The molecule has 0 unspecified atom stereocenters. The Hall–Kier alpha value is -0.570. The molecule has 3 nitrogen and oxygen atoms in total. The molecule has 0 spiro atoms. The minimum absolute atomic E-state index is 0.0330. The Kier molecular flexibility index (Phi) is 6.76. The molecule has 0 rings (SSSR count). The fourth-order valence-electron chi connectivity index (χ4n) is 1.88. The highest BCUT2D eigenvalue weighted by molar-refractivity contribution is 5.81. The predicted molar refractivity (Wildman–Crippen MR) is 71.8 cm³/mol. The van der Waals surface area contributed by atoms with Crippen molar-refractivity contribution in [2.24, 2.45) is 5.41 Å². The Morgan fingerprint density at radius 3 is 1.94 bits per heavy atom. The van der Waals surface area contributed by atoms with Crippen LogP contribution in [0.2, 0.25) is 0 Å². The Labute approximate surface area is 106 Å². The first-order valence-electron chi connectivity index (χ1n) is 6.82. The third-order valence-corrected chi connectivity index (χ3v) is 3.51. The van der Waals surface area contributed by atoms with E-state index in [0.717, 1.165) is 32.1 Å². The van der Waals surface area contributed by atoms with Gasteiger partial charge < -0.3 is 10.4 Å². The number of carbonyl (C=O) groups is 1. The molecule has 0 aliphatic rings. The molecule has 0 aromatic heterocycles. The molecule has 0 aromatic carbocycles. The molecule has 0 heterocycles. The second-order valence-corrected chi connectivity index (χ2v) is 5.64. The van der Waals surface area contributed by atoms with Crippen molar-refractivity contribution in [1.29, 1.82) is 0 Å². The van der Waals surface area contributed by atoms with E-state index < -0.39 is 5.60 Å². The molecule has 0 aliphatic carbocycles. The van der Waals surface area contributed by atoms with Crippen LogP contribution in [-0.4, -0.2) is 23.2 Å². The maximum Gasteiger partial charge on any atom is 0.225 e. The number of amides is 1. The number of hydrogen-bond donors (Lipinski definition) is 2. The van der Waals surface area contributed by atoms with Crippen molar-refractivity contribution in [1.82, 2.24) is 5.32 Å². The fourth-order valence-corrected chi connectivity index (χ4v) is 1.88. The van der Waals surface area contributed by atoms with Crippen molar-refractivity contribution >= 4 is 5.91 Å². The minimum atomic E-state index is -0.733. The zero-order valence-corrected chi connectivity index (χ0v) is 12.1. The van der Waals surface area contributed by atoms with Crippen molar-refractivity contribution in [3.05, 3.63) is 0 Å². The van der Waals surface area contributed by atoms with E-state index in [4.69, 9.17) is 0 Å². The van der Waals surface area contributed by atoms with Gasteiger partial charge in [0.25, 0.3) is 0 Å². The van der Waals surface area contributed by atoms with Gasteiger partial charge in [-0.1, -0.05) is 47.5 Å². The van der Waals surface area contributed by atoms with Crippen LogP contribution < -0.4 is 5.32 Å². The topological polar surface area (TPSA) is 49.3 Å². The zero-order chi connectivity index (χ0) is 13.5. The van der Waals surface area contributed by atoms with Crippen LogP contribution in [-0.2, 0) is 4.79 Å². The first-order valence-corrected chi connectivity index (χ1v) is 6.82. The standard InChI is InChI=1S/C14H29NO2/c1-6-9-14(17,10-7-2)11-15-12(16)13(4,5)8-3/h17H,6-11H2,1-5H3,(H,15,16). The Morgan fingerprint density at radius 1 is 1.12 bits per heavy atom. The van der Waals surface area contributed by atoms with Crippen LogP contribution in [0.25, 0.3) is 0 Å². The third-order valence-electron chi connectivity index (χ3n) is 3.51. The zero-order valence-electron chi connectivity index (χ0n) is 12.1. The predicted octanol–water partition coefficient (Wildman–Crippen LogP) is 2.87. The van der Waals surface area contributed by atoms with Gasteiger partial charge in [0, 0.05) is 12.0 Å². The summed E-state index contributed by atoms with van der Waals surface area (Å²) in [4.78, 5) is 11.9. The van der Waals surface area contributed by atoms with Gasteiger partial charge in [-0.15, -0.1) is 0 Å². The lowest BCUT2D eigenvalue weighted by Crippen LogP contribution is -2.46. The molecule has 3 heteroatoms. The molecule has 0 fully saturated rings. The summed E-state index contributed by atoms with van der Waals surface area (Å²) < 4.78 is 0. The minimum Gasteiger partial charge on any atom is -0.388 e. The molecule has 2 N–H and O–H groups in total. The summed E-state index contributed by atoms with van der Waals surface area (Å²) in [5.74, 6) is 0.0330. The fraction of sp³-hybridized carbons (Fsp3) is 0.929. The molecule has 102 valence electrons. The molecule has 0 saturated heterocycles. The smallest absolute Gasteiger partial charge is 0.225 e. The highest BCUT2D eigenvalue weighted by atomic mass is 16.3. The van der Waals surface area contributed by atoms with E-state index in [9.17, 15) is 9.90 Å². The summed E-state index contributed by atoms with van der Waals surface area (Å²) >= 11 is 0. The lowest BCUT2D eigenvalue weighted by molar-refractivity contribution is -0.131. The average molecular weight is 243 g/mol. The van der Waals surface area contributed by atoms with Gasteiger partial charge in [0.2, 0.25) is 5.91 Å². The monoisotopic (exact) mass is 243 g/mol. The van der Waals surface area contributed by atoms with Gasteiger partial charge in [-0.3, -0.25) is 4.79 Å². The second-order valence-electron chi connectivity index (χ2n) is 5.64. The van der Waals surface area contributed by atoms with E-state index in [2.05, 4.69) is 19.2 Å². The van der Waals surface area contributed by atoms with Crippen LogP contribution in [0.1, 0.15) is 66.7 Å². The number of rotatable bonds is 8. The van der Waals surface area contributed by atoms with Gasteiger partial charge in [-0.2, -0.15) is 0 Å². The first kappa shape index (κ1) is 16.4. The number of hydrogen-bond acceptors (Lipinski definition) is 2. The van der Waals surface area contributed by atoms with Crippen LogP contribution in [0, 0.1) is 5.41 Å². The summed E-state index contributed by atoms with van der Waals surface area (Å²) in [6.07, 6.45) is 4.16. The van der Waals surface area contributed by atoms with Crippen LogP contribution in [0.5, 0.6) is 0 Å². The van der Waals surface area contributed by atoms with E-state index in [1.165, 1.54) is 0 Å². The summed E-state index contributed by atoms with van der Waals surface area (Å²) in [6.45, 7) is 10.3. The van der Waals surface area contributed by atoms with Gasteiger partial charge in [0.15, 0.2) is 0 Å². The second kappa shape index (κ2) is 7.00. The van der Waals surface area contributed by atoms with Gasteiger partial charge in [0.1, 0.15) is 0 Å². The molecule has 0 aromatic rings. The van der Waals surface area contributed by atoms with Crippen LogP contribution in [0.3, 0.4) is 0 Å². The molecule has 0 saturated carbocycles. The van der Waals surface area contributed by atoms with Gasteiger partial charge in [0.05, 0.1) is 5.60 Å². The molecule has 0 atom stereocenters. The molecule has 0 radical (unpaired) electrons. The van der Waals surface area contributed by atoms with Crippen molar-refractivity contribution in [3.63, 3.8) is 0 Å². The summed E-state index contributed by atoms with van der Waals surface area (Å²) in [7, 11) is 0. The maximum atomic E-state index is 11.9. The highest BCUT2D eigenvalue weighted by Crippen LogP contribution is 2.22. The average Bonchev–Trinajstić information content (AvgIpc) is 2.26. The molecular weight excluding hydrogens is 214 g/mol. The van der Waals surface area contributed by atoms with E-state index in [1.54, 1.807) is 0 Å². The molecule has 17 heavy (non-hydrogen) atoms. The highest BCUT2D eigenvalue weighted by Gasteiger charge is 2.29. The van der Waals surface area contributed by atoms with Crippen molar-refractivity contribution in [2.45, 2.75) is 72.3 Å². The Morgan fingerprint density at radius 2 is 1.59 bits per heavy atom. The summed E-state index contributed by atoms with van der Waals surface area (Å²) in [5.41, 5.74) is -1.08. The van der Waals surface area contributed by atoms with Crippen LogP contribution in [0.4, 0.5) is 0 Å².